The minimum atomic E-state index is -1.07. The predicted molar refractivity (Wildman–Crippen MR) is 121 cm³/mol. The zero-order valence-electron chi connectivity index (χ0n) is 17.1. The Bertz CT molecular complexity index is 1140. The lowest BCUT2D eigenvalue weighted by molar-refractivity contribution is -0.195. The Morgan fingerprint density at radius 3 is 2.19 bits per heavy atom. The van der Waals surface area contributed by atoms with Crippen molar-refractivity contribution in [1.29, 1.82) is 0 Å². The van der Waals surface area contributed by atoms with Crippen molar-refractivity contribution < 1.29 is 28.5 Å². The van der Waals surface area contributed by atoms with Crippen LogP contribution in [0.15, 0.2) is 82.8 Å². The van der Waals surface area contributed by atoms with E-state index >= 15 is 0 Å². The number of ether oxygens (including phenoxy) is 4. The summed E-state index contributed by atoms with van der Waals surface area (Å²) in [6.07, 6.45) is 0.337. The van der Waals surface area contributed by atoms with E-state index in [2.05, 4.69) is 15.9 Å². The number of halogens is 1. The summed E-state index contributed by atoms with van der Waals surface area (Å²) in [6, 6.07) is 21.9. The summed E-state index contributed by atoms with van der Waals surface area (Å²) in [5.74, 6) is -0.553. The SMILES string of the molecule is COc1cc(C=C2C(=O)OC(c3ccccc3)OC2=O)cc(Br)c1OCc1ccccc1. The summed E-state index contributed by atoms with van der Waals surface area (Å²) >= 11 is 3.48. The molecule has 0 aromatic heterocycles. The Morgan fingerprint density at radius 1 is 0.938 bits per heavy atom. The van der Waals surface area contributed by atoms with E-state index in [9.17, 15) is 9.59 Å². The molecule has 1 heterocycles. The van der Waals surface area contributed by atoms with Gasteiger partial charge in [0.2, 0.25) is 0 Å². The van der Waals surface area contributed by atoms with Gasteiger partial charge in [-0.05, 0) is 45.3 Å². The van der Waals surface area contributed by atoms with E-state index in [0.29, 0.717) is 33.7 Å². The Kier molecular flexibility index (Phi) is 6.56. The fourth-order valence-electron chi connectivity index (χ4n) is 3.15. The van der Waals surface area contributed by atoms with Gasteiger partial charge in [-0.3, -0.25) is 0 Å². The summed E-state index contributed by atoms with van der Waals surface area (Å²) in [7, 11) is 1.52. The second kappa shape index (κ2) is 9.70. The molecular weight excluding hydrogens is 476 g/mol. The van der Waals surface area contributed by atoms with Gasteiger partial charge < -0.3 is 18.9 Å². The van der Waals surface area contributed by atoms with Crippen LogP contribution in [0.2, 0.25) is 0 Å². The van der Waals surface area contributed by atoms with E-state index in [1.54, 1.807) is 36.4 Å². The number of cyclic esters (lactones) is 2. The van der Waals surface area contributed by atoms with E-state index in [0.717, 1.165) is 5.56 Å². The predicted octanol–water partition coefficient (Wildman–Crippen LogP) is 5.22. The number of carbonyl (C=O) groups is 2. The van der Waals surface area contributed by atoms with Gasteiger partial charge in [0.15, 0.2) is 11.5 Å². The van der Waals surface area contributed by atoms with Crippen molar-refractivity contribution in [2.24, 2.45) is 0 Å². The fourth-order valence-corrected chi connectivity index (χ4v) is 3.73. The molecule has 1 aliphatic rings. The monoisotopic (exact) mass is 494 g/mol. The molecule has 0 amide bonds. The molecule has 0 saturated carbocycles. The zero-order chi connectivity index (χ0) is 22.5. The van der Waals surface area contributed by atoms with Gasteiger partial charge >= 0.3 is 11.9 Å². The van der Waals surface area contributed by atoms with Crippen molar-refractivity contribution in [3.05, 3.63) is 99.5 Å². The molecule has 162 valence electrons. The molecule has 6 nitrogen and oxygen atoms in total. The van der Waals surface area contributed by atoms with E-state index < -0.39 is 18.2 Å². The molecule has 7 heteroatoms. The number of hydrogen-bond acceptors (Lipinski definition) is 6. The molecule has 0 spiro atoms. The third kappa shape index (κ3) is 4.84. The molecule has 0 bridgehead atoms. The molecule has 0 N–H and O–H groups in total. The first-order valence-electron chi connectivity index (χ1n) is 9.78. The summed E-state index contributed by atoms with van der Waals surface area (Å²) in [5.41, 5.74) is 1.93. The smallest absolute Gasteiger partial charge is 0.348 e. The third-order valence-corrected chi connectivity index (χ3v) is 5.32. The quantitative estimate of drug-likeness (QED) is 0.265. The Balaban J connectivity index is 1.55. The fraction of sp³-hybridized carbons (Fsp3) is 0.120. The highest BCUT2D eigenvalue weighted by Crippen LogP contribution is 2.38. The molecule has 32 heavy (non-hydrogen) atoms. The number of carbonyl (C=O) groups excluding carboxylic acids is 2. The van der Waals surface area contributed by atoms with Crippen LogP contribution in [0.5, 0.6) is 11.5 Å². The lowest BCUT2D eigenvalue weighted by Gasteiger charge is -2.24. The van der Waals surface area contributed by atoms with Crippen LogP contribution in [-0.4, -0.2) is 19.0 Å². The standard InChI is InChI=1S/C25H19BrO6/c1-29-21-14-17(13-20(26)22(21)30-15-16-8-4-2-5-9-16)12-19-23(27)31-25(32-24(19)28)18-10-6-3-7-11-18/h2-14,25H,15H2,1H3. The van der Waals surface area contributed by atoms with E-state index in [1.165, 1.54) is 13.2 Å². The van der Waals surface area contributed by atoms with Gasteiger partial charge in [0.25, 0.3) is 6.29 Å². The molecule has 4 rings (SSSR count). The highest BCUT2D eigenvalue weighted by atomic mass is 79.9. The van der Waals surface area contributed by atoms with E-state index in [-0.39, 0.29) is 5.57 Å². The molecule has 1 saturated heterocycles. The molecule has 0 atom stereocenters. The molecule has 3 aromatic carbocycles. The first kappa shape index (κ1) is 21.6. The minimum absolute atomic E-state index is 0.205. The van der Waals surface area contributed by atoms with Crippen LogP contribution in [0.4, 0.5) is 0 Å². The van der Waals surface area contributed by atoms with E-state index in [1.807, 2.05) is 36.4 Å². The molecule has 3 aromatic rings. The van der Waals surface area contributed by atoms with Crippen molar-refractivity contribution in [3.63, 3.8) is 0 Å². The average molecular weight is 495 g/mol. The molecule has 0 unspecified atom stereocenters. The number of esters is 2. The lowest BCUT2D eigenvalue weighted by atomic mass is 10.1. The van der Waals surface area contributed by atoms with Crippen LogP contribution in [0, 0.1) is 0 Å². The zero-order valence-corrected chi connectivity index (χ0v) is 18.7. The summed E-state index contributed by atoms with van der Waals surface area (Å²) in [5, 5.41) is 0. The van der Waals surface area contributed by atoms with Gasteiger partial charge in [-0.25, -0.2) is 9.59 Å². The van der Waals surface area contributed by atoms with Gasteiger partial charge in [-0.1, -0.05) is 60.7 Å². The number of rotatable bonds is 6. The van der Waals surface area contributed by atoms with Gasteiger partial charge in [0, 0.05) is 5.56 Å². The maximum absolute atomic E-state index is 12.5. The van der Waals surface area contributed by atoms with Gasteiger partial charge in [-0.15, -0.1) is 0 Å². The molecule has 1 aliphatic heterocycles. The molecule has 1 fully saturated rings. The van der Waals surface area contributed by atoms with E-state index in [4.69, 9.17) is 18.9 Å². The van der Waals surface area contributed by atoms with Crippen molar-refractivity contribution >= 4 is 33.9 Å². The molecular formula is C25H19BrO6. The van der Waals surface area contributed by atoms with Crippen molar-refractivity contribution in [2.75, 3.05) is 7.11 Å². The van der Waals surface area contributed by atoms with Crippen LogP contribution in [0.3, 0.4) is 0 Å². The van der Waals surface area contributed by atoms with Crippen molar-refractivity contribution in [2.45, 2.75) is 12.9 Å². The Hall–Kier alpha value is -3.58. The normalized spacial score (nSPS) is 15.6. The largest absolute Gasteiger partial charge is 0.493 e. The maximum Gasteiger partial charge on any atom is 0.348 e. The van der Waals surface area contributed by atoms with Crippen LogP contribution in [0.1, 0.15) is 23.0 Å². The number of hydrogen-bond donors (Lipinski definition) is 0. The highest BCUT2D eigenvalue weighted by molar-refractivity contribution is 9.10. The Labute approximate surface area is 193 Å². The number of methoxy groups -OCH3 is 1. The summed E-state index contributed by atoms with van der Waals surface area (Å²) < 4.78 is 22.6. The highest BCUT2D eigenvalue weighted by Gasteiger charge is 2.34. The van der Waals surface area contributed by atoms with Gasteiger partial charge in [0.05, 0.1) is 11.6 Å². The number of benzene rings is 3. The Morgan fingerprint density at radius 2 is 1.56 bits per heavy atom. The first-order valence-corrected chi connectivity index (χ1v) is 10.6. The summed E-state index contributed by atoms with van der Waals surface area (Å²) in [4.78, 5) is 25.0. The van der Waals surface area contributed by atoms with Crippen molar-refractivity contribution in [3.8, 4) is 11.5 Å². The average Bonchev–Trinajstić information content (AvgIpc) is 2.81. The van der Waals surface area contributed by atoms with Gasteiger partial charge in [0.1, 0.15) is 12.2 Å². The second-order valence-corrected chi connectivity index (χ2v) is 7.77. The molecule has 0 aliphatic carbocycles. The minimum Gasteiger partial charge on any atom is -0.493 e. The second-order valence-electron chi connectivity index (χ2n) is 6.92. The van der Waals surface area contributed by atoms with Gasteiger partial charge in [-0.2, -0.15) is 0 Å². The topological polar surface area (TPSA) is 71.1 Å². The van der Waals surface area contributed by atoms with Crippen LogP contribution in [-0.2, 0) is 25.7 Å². The van der Waals surface area contributed by atoms with Crippen LogP contribution >= 0.6 is 15.9 Å². The van der Waals surface area contributed by atoms with Crippen molar-refractivity contribution in [1.82, 2.24) is 0 Å². The molecule has 0 radical (unpaired) electrons. The van der Waals surface area contributed by atoms with Crippen LogP contribution < -0.4 is 9.47 Å². The van der Waals surface area contributed by atoms with Crippen LogP contribution in [0.25, 0.3) is 6.08 Å². The first-order chi connectivity index (χ1) is 15.5. The summed E-state index contributed by atoms with van der Waals surface area (Å²) in [6.45, 7) is 0.357. The lowest BCUT2D eigenvalue weighted by Crippen LogP contribution is -2.29. The maximum atomic E-state index is 12.5. The third-order valence-electron chi connectivity index (χ3n) is 4.73.